The highest BCUT2D eigenvalue weighted by molar-refractivity contribution is 14.1. The van der Waals surface area contributed by atoms with Crippen molar-refractivity contribution in [3.8, 4) is 11.3 Å². The third-order valence-corrected chi connectivity index (χ3v) is 4.45. The summed E-state index contributed by atoms with van der Waals surface area (Å²) in [6.07, 6.45) is 5.33. The first-order valence-electron chi connectivity index (χ1n) is 6.49. The molecule has 0 N–H and O–H groups in total. The maximum atomic E-state index is 11.2. The van der Waals surface area contributed by atoms with Gasteiger partial charge in [0.25, 0.3) is 0 Å². The van der Waals surface area contributed by atoms with Crippen molar-refractivity contribution in [3.63, 3.8) is 0 Å². The number of aldehydes is 1. The fraction of sp³-hybridized carbons (Fsp3) is 0.333. The fourth-order valence-electron chi connectivity index (χ4n) is 2.33. The average molecular weight is 366 g/mol. The Morgan fingerprint density at radius 2 is 2.05 bits per heavy atom. The molecule has 2 aromatic rings. The molecule has 4 heteroatoms. The van der Waals surface area contributed by atoms with E-state index < -0.39 is 0 Å². The van der Waals surface area contributed by atoms with Gasteiger partial charge >= 0.3 is 0 Å². The Balaban J connectivity index is 1.99. The van der Waals surface area contributed by atoms with Crippen LogP contribution in [0.25, 0.3) is 11.3 Å². The minimum Gasteiger partial charge on any atom is -0.298 e. The van der Waals surface area contributed by atoms with Gasteiger partial charge in [-0.2, -0.15) is 5.10 Å². The molecule has 0 bridgehead atoms. The summed E-state index contributed by atoms with van der Waals surface area (Å²) in [5, 5.41) is 4.63. The molecule has 1 aliphatic carbocycles. The molecule has 19 heavy (non-hydrogen) atoms. The predicted octanol–water partition coefficient (Wildman–Crippen LogP) is 3.94. The van der Waals surface area contributed by atoms with Crippen LogP contribution in [0.4, 0.5) is 0 Å². The largest absolute Gasteiger partial charge is 0.298 e. The summed E-state index contributed by atoms with van der Waals surface area (Å²) in [6, 6.07) is 8.49. The molecule has 1 atom stereocenters. The molecule has 1 saturated carbocycles. The molecule has 3 rings (SSSR count). The second-order valence-corrected chi connectivity index (χ2v) is 6.36. The van der Waals surface area contributed by atoms with E-state index >= 15 is 0 Å². The molecule has 1 aromatic heterocycles. The highest BCUT2D eigenvalue weighted by atomic mass is 127. The molecule has 3 nitrogen and oxygen atoms in total. The van der Waals surface area contributed by atoms with Gasteiger partial charge in [0.2, 0.25) is 0 Å². The SMILES string of the molecule is CC(C1CC1)n1cc(C=O)c(-c2ccc(I)cc2)n1. The highest BCUT2D eigenvalue weighted by Gasteiger charge is 2.30. The molecule has 1 fully saturated rings. The molecule has 1 unspecified atom stereocenters. The lowest BCUT2D eigenvalue weighted by Crippen LogP contribution is -2.07. The Bertz CT molecular complexity index is 599. The van der Waals surface area contributed by atoms with Crippen LogP contribution in [0.1, 0.15) is 36.2 Å². The van der Waals surface area contributed by atoms with Crippen molar-refractivity contribution >= 4 is 28.9 Å². The number of nitrogens with zero attached hydrogens (tertiary/aromatic N) is 2. The molecule has 1 aliphatic rings. The van der Waals surface area contributed by atoms with Crippen LogP contribution < -0.4 is 0 Å². The van der Waals surface area contributed by atoms with Crippen molar-refractivity contribution in [2.75, 3.05) is 0 Å². The van der Waals surface area contributed by atoms with Gasteiger partial charge in [0, 0.05) is 15.3 Å². The summed E-state index contributed by atoms with van der Waals surface area (Å²) in [5.74, 6) is 0.726. The molecule has 1 aromatic carbocycles. The van der Waals surface area contributed by atoms with Gasteiger partial charge in [-0.1, -0.05) is 12.1 Å². The Labute approximate surface area is 126 Å². The summed E-state index contributed by atoms with van der Waals surface area (Å²) in [4.78, 5) is 11.2. The summed E-state index contributed by atoms with van der Waals surface area (Å²) < 4.78 is 3.13. The van der Waals surface area contributed by atoms with Crippen molar-refractivity contribution in [2.24, 2.45) is 5.92 Å². The molecule has 1 heterocycles. The van der Waals surface area contributed by atoms with Crippen LogP contribution in [0.3, 0.4) is 0 Å². The van der Waals surface area contributed by atoms with Crippen LogP contribution in [0, 0.1) is 9.49 Å². The van der Waals surface area contributed by atoms with Gasteiger partial charge in [-0.15, -0.1) is 0 Å². The summed E-state index contributed by atoms with van der Waals surface area (Å²) in [7, 11) is 0. The van der Waals surface area contributed by atoms with E-state index in [1.807, 2.05) is 35.1 Å². The smallest absolute Gasteiger partial charge is 0.153 e. The van der Waals surface area contributed by atoms with Gasteiger partial charge in [0.1, 0.15) is 5.69 Å². The number of carbonyl (C=O) groups is 1. The fourth-order valence-corrected chi connectivity index (χ4v) is 2.69. The third kappa shape index (κ3) is 2.59. The van der Waals surface area contributed by atoms with E-state index in [9.17, 15) is 4.79 Å². The van der Waals surface area contributed by atoms with Gasteiger partial charge in [0.05, 0.1) is 11.6 Å². The maximum Gasteiger partial charge on any atom is 0.153 e. The van der Waals surface area contributed by atoms with Crippen LogP contribution >= 0.6 is 22.6 Å². The van der Waals surface area contributed by atoms with E-state index in [4.69, 9.17) is 0 Å². The van der Waals surface area contributed by atoms with Crippen LogP contribution in [0.15, 0.2) is 30.5 Å². The molecule has 0 amide bonds. The lowest BCUT2D eigenvalue weighted by atomic mass is 10.1. The number of hydrogen-bond donors (Lipinski definition) is 0. The molecule has 98 valence electrons. The lowest BCUT2D eigenvalue weighted by molar-refractivity contribution is 0.112. The predicted molar refractivity (Wildman–Crippen MR) is 83.2 cm³/mol. The van der Waals surface area contributed by atoms with Crippen LogP contribution in [-0.4, -0.2) is 16.1 Å². The van der Waals surface area contributed by atoms with Gasteiger partial charge in [-0.25, -0.2) is 0 Å². The Hall–Kier alpha value is -1.17. The Kier molecular flexibility index (Phi) is 3.43. The number of aromatic nitrogens is 2. The van der Waals surface area contributed by atoms with Gasteiger partial charge in [-0.05, 0) is 60.4 Å². The van der Waals surface area contributed by atoms with E-state index in [-0.39, 0.29) is 0 Å². The number of rotatable bonds is 4. The molecule has 0 saturated heterocycles. The number of halogens is 1. The third-order valence-electron chi connectivity index (χ3n) is 3.73. The van der Waals surface area contributed by atoms with Crippen LogP contribution in [0.5, 0.6) is 0 Å². The Morgan fingerprint density at radius 1 is 1.37 bits per heavy atom. The average Bonchev–Trinajstić information content (AvgIpc) is 3.18. The first kappa shape index (κ1) is 12.8. The second kappa shape index (κ2) is 5.07. The van der Waals surface area contributed by atoms with Crippen molar-refractivity contribution in [3.05, 3.63) is 39.6 Å². The number of carbonyl (C=O) groups excluding carboxylic acids is 1. The quantitative estimate of drug-likeness (QED) is 0.607. The van der Waals surface area contributed by atoms with Gasteiger partial charge in [0.15, 0.2) is 6.29 Å². The zero-order valence-corrected chi connectivity index (χ0v) is 12.9. The zero-order chi connectivity index (χ0) is 13.4. The highest BCUT2D eigenvalue weighted by Crippen LogP contribution is 2.39. The normalized spacial score (nSPS) is 16.3. The van der Waals surface area contributed by atoms with E-state index in [1.54, 1.807) is 0 Å². The Morgan fingerprint density at radius 3 is 2.63 bits per heavy atom. The van der Waals surface area contributed by atoms with Crippen LogP contribution in [0.2, 0.25) is 0 Å². The van der Waals surface area contributed by atoms with Crippen molar-refractivity contribution in [2.45, 2.75) is 25.8 Å². The van der Waals surface area contributed by atoms with Crippen LogP contribution in [-0.2, 0) is 0 Å². The first-order chi connectivity index (χ1) is 9.19. The molecular formula is C15H15IN2O. The summed E-state index contributed by atoms with van der Waals surface area (Å²) in [6.45, 7) is 2.18. The summed E-state index contributed by atoms with van der Waals surface area (Å²) >= 11 is 2.27. The van der Waals surface area contributed by atoms with Crippen molar-refractivity contribution in [1.29, 1.82) is 0 Å². The van der Waals surface area contributed by atoms with E-state index in [0.717, 1.165) is 23.5 Å². The van der Waals surface area contributed by atoms with E-state index in [2.05, 4.69) is 34.6 Å². The molecule has 0 aliphatic heterocycles. The maximum absolute atomic E-state index is 11.2. The topological polar surface area (TPSA) is 34.9 Å². The van der Waals surface area contributed by atoms with Gasteiger partial charge < -0.3 is 0 Å². The monoisotopic (exact) mass is 366 g/mol. The minimum absolute atomic E-state index is 0.385. The van der Waals surface area contributed by atoms with E-state index in [1.165, 1.54) is 16.4 Å². The lowest BCUT2D eigenvalue weighted by Gasteiger charge is -2.09. The van der Waals surface area contributed by atoms with Crippen molar-refractivity contribution < 1.29 is 4.79 Å². The summed E-state index contributed by atoms with van der Waals surface area (Å²) in [5.41, 5.74) is 2.47. The van der Waals surface area contributed by atoms with E-state index in [0.29, 0.717) is 11.6 Å². The molecule has 0 spiro atoms. The molecular weight excluding hydrogens is 351 g/mol. The molecule has 0 radical (unpaired) electrons. The minimum atomic E-state index is 0.385. The standard InChI is InChI=1S/C15H15IN2O/c1-10(11-2-3-11)18-8-13(9-19)15(17-18)12-4-6-14(16)7-5-12/h4-11H,2-3H2,1H3. The number of hydrogen-bond acceptors (Lipinski definition) is 2. The zero-order valence-electron chi connectivity index (χ0n) is 10.7. The van der Waals surface area contributed by atoms with Gasteiger partial charge in [-0.3, -0.25) is 9.48 Å². The first-order valence-corrected chi connectivity index (χ1v) is 7.57. The van der Waals surface area contributed by atoms with Crippen molar-refractivity contribution in [1.82, 2.24) is 9.78 Å². The number of benzene rings is 1. The second-order valence-electron chi connectivity index (χ2n) is 5.12.